The predicted octanol–water partition coefficient (Wildman–Crippen LogP) is 0.930. The lowest BCUT2D eigenvalue weighted by atomic mass is 10.00. The first-order chi connectivity index (χ1) is 5.77. The van der Waals surface area contributed by atoms with Crippen LogP contribution in [0.3, 0.4) is 0 Å². The molecule has 1 aliphatic heterocycles. The molecule has 0 fully saturated rings. The van der Waals surface area contributed by atoms with Gasteiger partial charge in [-0.15, -0.1) is 12.4 Å². The van der Waals surface area contributed by atoms with E-state index in [-0.39, 0.29) is 24.4 Å². The molecule has 1 aliphatic rings. The second-order valence-corrected chi connectivity index (χ2v) is 2.96. The Hall–Kier alpha value is -1.06. The number of fused-ring (bicyclic) bond motifs is 1. The Balaban J connectivity index is 0.000000845. The first kappa shape index (κ1) is 10.0. The van der Waals surface area contributed by atoms with Crippen molar-refractivity contribution in [3.8, 4) is 0 Å². The van der Waals surface area contributed by atoms with E-state index in [1.165, 1.54) is 0 Å². The number of amides is 1. The summed E-state index contributed by atoms with van der Waals surface area (Å²) in [6.45, 7) is 0. The van der Waals surface area contributed by atoms with E-state index in [9.17, 15) is 4.79 Å². The molecule has 3 nitrogen and oxygen atoms in total. The van der Waals surface area contributed by atoms with Crippen LogP contribution in [0.1, 0.15) is 5.56 Å². The highest BCUT2D eigenvalue weighted by Gasteiger charge is 2.21. The molecule has 0 spiro atoms. The van der Waals surface area contributed by atoms with Gasteiger partial charge in [-0.3, -0.25) is 4.79 Å². The summed E-state index contributed by atoms with van der Waals surface area (Å²) >= 11 is 0. The molecule has 1 atom stereocenters. The van der Waals surface area contributed by atoms with Crippen LogP contribution >= 0.6 is 12.4 Å². The second kappa shape index (κ2) is 3.77. The van der Waals surface area contributed by atoms with E-state index in [1.54, 1.807) is 0 Å². The largest absolute Gasteiger partial charge is 0.324 e. The molecule has 0 unspecified atom stereocenters. The zero-order valence-corrected chi connectivity index (χ0v) is 7.80. The molecule has 0 saturated carbocycles. The summed E-state index contributed by atoms with van der Waals surface area (Å²) < 4.78 is 0. The van der Waals surface area contributed by atoms with Crippen LogP contribution in [0.2, 0.25) is 0 Å². The van der Waals surface area contributed by atoms with Crippen LogP contribution in [0.5, 0.6) is 0 Å². The van der Waals surface area contributed by atoms with Crippen molar-refractivity contribution < 1.29 is 4.79 Å². The van der Waals surface area contributed by atoms with Gasteiger partial charge in [0, 0.05) is 5.69 Å². The maximum absolute atomic E-state index is 11.1. The standard InChI is InChI=1S/C9H10N2O.ClH/c10-7-5-6-3-1-2-4-8(6)11-9(7)12;/h1-4,7H,5,10H2,(H,11,12);1H/t7-;/m1./s1. The molecule has 0 aliphatic carbocycles. The first-order valence-corrected chi connectivity index (χ1v) is 3.92. The molecule has 4 heteroatoms. The molecule has 0 saturated heterocycles. The van der Waals surface area contributed by atoms with Gasteiger partial charge in [0.1, 0.15) is 0 Å². The number of benzene rings is 1. The molecule has 70 valence electrons. The number of halogens is 1. The van der Waals surface area contributed by atoms with Crippen LogP contribution < -0.4 is 11.1 Å². The number of nitrogens with two attached hydrogens (primary N) is 1. The summed E-state index contributed by atoms with van der Waals surface area (Å²) in [4.78, 5) is 11.1. The number of rotatable bonds is 0. The molecule has 0 aromatic heterocycles. The van der Waals surface area contributed by atoms with Gasteiger partial charge in [0.2, 0.25) is 5.91 Å². The quantitative estimate of drug-likeness (QED) is 0.652. The van der Waals surface area contributed by atoms with Crippen molar-refractivity contribution in [2.45, 2.75) is 12.5 Å². The van der Waals surface area contributed by atoms with E-state index in [4.69, 9.17) is 5.73 Å². The lowest BCUT2D eigenvalue weighted by Gasteiger charge is -2.21. The average molecular weight is 199 g/mol. The van der Waals surface area contributed by atoms with Gasteiger partial charge in [-0.05, 0) is 18.1 Å². The minimum Gasteiger partial charge on any atom is -0.324 e. The molecule has 1 aromatic rings. The lowest BCUT2D eigenvalue weighted by molar-refractivity contribution is -0.117. The first-order valence-electron chi connectivity index (χ1n) is 3.92. The van der Waals surface area contributed by atoms with E-state index < -0.39 is 0 Å². The molecule has 13 heavy (non-hydrogen) atoms. The topological polar surface area (TPSA) is 55.1 Å². The highest BCUT2D eigenvalue weighted by atomic mass is 35.5. The Morgan fingerprint density at radius 2 is 2.08 bits per heavy atom. The fourth-order valence-corrected chi connectivity index (χ4v) is 1.38. The molecule has 3 N–H and O–H groups in total. The summed E-state index contributed by atoms with van der Waals surface area (Å²) in [5.41, 5.74) is 7.59. The molecule has 0 radical (unpaired) electrons. The number of nitrogens with one attached hydrogen (secondary N) is 1. The normalized spacial score (nSPS) is 19.8. The zero-order valence-electron chi connectivity index (χ0n) is 6.99. The van der Waals surface area contributed by atoms with Gasteiger partial charge in [0.15, 0.2) is 0 Å². The maximum atomic E-state index is 11.1. The van der Waals surface area contributed by atoms with Crippen LogP contribution in [0.15, 0.2) is 24.3 Å². The van der Waals surface area contributed by atoms with Gasteiger partial charge in [-0.25, -0.2) is 0 Å². The minimum atomic E-state index is -0.389. The van der Waals surface area contributed by atoms with Crippen LogP contribution in [-0.2, 0) is 11.2 Å². The Bertz CT molecular complexity index is 327. The maximum Gasteiger partial charge on any atom is 0.241 e. The van der Waals surface area contributed by atoms with Crippen LogP contribution in [-0.4, -0.2) is 11.9 Å². The van der Waals surface area contributed by atoms with E-state index in [2.05, 4.69) is 5.32 Å². The fourth-order valence-electron chi connectivity index (χ4n) is 1.38. The second-order valence-electron chi connectivity index (χ2n) is 2.96. The molecule has 1 aromatic carbocycles. The smallest absolute Gasteiger partial charge is 0.241 e. The average Bonchev–Trinajstić information content (AvgIpc) is 2.07. The van der Waals surface area contributed by atoms with Crippen molar-refractivity contribution in [3.05, 3.63) is 29.8 Å². The summed E-state index contributed by atoms with van der Waals surface area (Å²) in [7, 11) is 0. The summed E-state index contributed by atoms with van der Waals surface area (Å²) in [6.07, 6.45) is 0.641. The number of carbonyl (C=O) groups excluding carboxylic acids is 1. The monoisotopic (exact) mass is 198 g/mol. The van der Waals surface area contributed by atoms with Gasteiger partial charge >= 0.3 is 0 Å². The van der Waals surface area contributed by atoms with Crippen LogP contribution in [0.25, 0.3) is 0 Å². The van der Waals surface area contributed by atoms with Crippen molar-refractivity contribution in [1.82, 2.24) is 0 Å². The third kappa shape index (κ3) is 1.82. The van der Waals surface area contributed by atoms with Gasteiger partial charge < -0.3 is 11.1 Å². The van der Waals surface area contributed by atoms with Crippen molar-refractivity contribution in [2.75, 3.05) is 5.32 Å². The minimum absolute atomic E-state index is 0. The van der Waals surface area contributed by atoms with Crippen molar-refractivity contribution in [2.24, 2.45) is 5.73 Å². The third-order valence-electron chi connectivity index (χ3n) is 2.05. The van der Waals surface area contributed by atoms with Crippen LogP contribution in [0.4, 0.5) is 5.69 Å². The van der Waals surface area contributed by atoms with Gasteiger partial charge in [-0.2, -0.15) is 0 Å². The highest BCUT2D eigenvalue weighted by molar-refractivity contribution is 5.97. The number of anilines is 1. The number of hydrogen-bond donors (Lipinski definition) is 2. The van der Waals surface area contributed by atoms with Gasteiger partial charge in [0.05, 0.1) is 6.04 Å². The fraction of sp³-hybridized carbons (Fsp3) is 0.222. The number of carbonyl (C=O) groups is 1. The summed E-state index contributed by atoms with van der Waals surface area (Å²) in [6, 6.07) is 7.33. The van der Waals surface area contributed by atoms with E-state index in [0.717, 1.165) is 11.3 Å². The number of para-hydroxylation sites is 1. The summed E-state index contributed by atoms with van der Waals surface area (Å²) in [5, 5.41) is 2.75. The molecule has 2 rings (SSSR count). The van der Waals surface area contributed by atoms with E-state index >= 15 is 0 Å². The van der Waals surface area contributed by atoms with Crippen molar-refractivity contribution in [1.29, 1.82) is 0 Å². The van der Waals surface area contributed by atoms with Crippen molar-refractivity contribution >= 4 is 24.0 Å². The van der Waals surface area contributed by atoms with Crippen molar-refractivity contribution in [3.63, 3.8) is 0 Å². The van der Waals surface area contributed by atoms with Gasteiger partial charge in [-0.1, -0.05) is 18.2 Å². The Morgan fingerprint density at radius 1 is 1.38 bits per heavy atom. The Kier molecular flexibility index (Phi) is 2.90. The zero-order chi connectivity index (χ0) is 8.55. The molecule has 1 amide bonds. The molecular formula is C9H11ClN2O. The SMILES string of the molecule is Cl.N[C@@H]1Cc2ccccc2NC1=O. The van der Waals surface area contributed by atoms with E-state index in [1.807, 2.05) is 24.3 Å². The molecule has 0 bridgehead atoms. The van der Waals surface area contributed by atoms with Crippen LogP contribution in [0, 0.1) is 0 Å². The Labute approximate surface area is 82.7 Å². The van der Waals surface area contributed by atoms with E-state index in [0.29, 0.717) is 6.42 Å². The molecular weight excluding hydrogens is 188 g/mol. The Morgan fingerprint density at radius 3 is 2.85 bits per heavy atom. The van der Waals surface area contributed by atoms with Gasteiger partial charge in [0.25, 0.3) is 0 Å². The summed E-state index contributed by atoms with van der Waals surface area (Å²) in [5.74, 6) is -0.0892. The third-order valence-corrected chi connectivity index (χ3v) is 2.05. The lowest BCUT2D eigenvalue weighted by Crippen LogP contribution is -2.40. The highest BCUT2D eigenvalue weighted by Crippen LogP contribution is 2.20. The predicted molar refractivity (Wildman–Crippen MR) is 54.0 cm³/mol. The molecule has 1 heterocycles. The number of hydrogen-bond acceptors (Lipinski definition) is 2.